The number of carbonyl (C=O) groups excluding carboxylic acids is 2. The first-order chi connectivity index (χ1) is 10.9. The molecular weight excluding hydrogens is 430 g/mol. The summed E-state index contributed by atoms with van der Waals surface area (Å²) in [5.41, 5.74) is 0.475. The number of halogens is 2. The van der Waals surface area contributed by atoms with Crippen LogP contribution >= 0.6 is 31.9 Å². The van der Waals surface area contributed by atoms with Crippen LogP contribution in [-0.2, 0) is 0 Å². The van der Waals surface area contributed by atoms with Crippen LogP contribution in [0.4, 0.5) is 16.2 Å². The number of carboxylic acid groups (broad SMARTS) is 1. The first-order valence-corrected chi connectivity index (χ1v) is 7.78. The normalized spacial score (nSPS) is 9.78. The van der Waals surface area contributed by atoms with Gasteiger partial charge in [0.15, 0.2) is 0 Å². The summed E-state index contributed by atoms with van der Waals surface area (Å²) in [7, 11) is 0. The van der Waals surface area contributed by atoms with E-state index >= 15 is 0 Å². The molecule has 116 valence electrons. The summed E-state index contributed by atoms with van der Waals surface area (Å²) in [6, 6.07) is 10.4. The van der Waals surface area contributed by atoms with Crippen molar-refractivity contribution < 1.29 is 14.7 Å². The lowest BCUT2D eigenvalue weighted by Crippen LogP contribution is -2.26. The Morgan fingerprint density at radius 2 is 1.83 bits per heavy atom. The van der Waals surface area contributed by atoms with E-state index in [4.69, 9.17) is 5.26 Å². The highest BCUT2D eigenvalue weighted by Crippen LogP contribution is 2.30. The fraction of sp³-hybridized carbons (Fsp3) is 0. The van der Waals surface area contributed by atoms with Gasteiger partial charge in [-0.1, -0.05) is 34.1 Å². The summed E-state index contributed by atoms with van der Waals surface area (Å²) in [5, 5.41) is 25.1. The molecule has 2 aromatic carbocycles. The van der Waals surface area contributed by atoms with E-state index in [1.54, 1.807) is 18.2 Å². The predicted molar refractivity (Wildman–Crippen MR) is 90.0 cm³/mol. The maximum absolute atomic E-state index is 12.1. The van der Waals surface area contributed by atoms with E-state index in [9.17, 15) is 14.7 Å². The lowest BCUT2D eigenvalue weighted by molar-refractivity contribution is -0.254. The number of nitrogens with zero attached hydrogens (tertiary/aromatic N) is 1. The Bertz CT molecular complexity index is 831. The zero-order chi connectivity index (χ0) is 17.0. The van der Waals surface area contributed by atoms with Crippen LogP contribution in [0.2, 0.25) is 0 Å². The number of urea groups is 1. The molecule has 0 heterocycles. The van der Waals surface area contributed by atoms with E-state index in [1.165, 1.54) is 18.2 Å². The summed E-state index contributed by atoms with van der Waals surface area (Å²) < 4.78 is 1.18. The third kappa shape index (κ3) is 4.09. The molecule has 2 amide bonds. The van der Waals surface area contributed by atoms with E-state index in [-0.39, 0.29) is 22.5 Å². The molecule has 2 N–H and O–H groups in total. The minimum Gasteiger partial charge on any atom is -0.545 e. The number of anilines is 2. The average molecular weight is 438 g/mol. The van der Waals surface area contributed by atoms with Crippen molar-refractivity contribution in [2.24, 2.45) is 0 Å². The van der Waals surface area contributed by atoms with Gasteiger partial charge >= 0.3 is 6.03 Å². The largest absolute Gasteiger partial charge is 0.545 e. The van der Waals surface area contributed by atoms with Gasteiger partial charge in [0, 0.05) is 14.5 Å². The van der Waals surface area contributed by atoms with Crippen LogP contribution in [0.15, 0.2) is 45.3 Å². The molecule has 8 heteroatoms. The number of para-hydroxylation sites is 1. The Kier molecular flexibility index (Phi) is 5.36. The van der Waals surface area contributed by atoms with Gasteiger partial charge in [-0.2, -0.15) is 5.26 Å². The molecule has 23 heavy (non-hydrogen) atoms. The summed E-state index contributed by atoms with van der Waals surface area (Å²) in [5.74, 6) is -1.40. The fourth-order valence-electron chi connectivity index (χ4n) is 1.83. The van der Waals surface area contributed by atoms with Gasteiger partial charge in [0.05, 0.1) is 22.9 Å². The lowest BCUT2D eigenvalue weighted by atomic mass is 10.2. The number of nitriles is 1. The van der Waals surface area contributed by atoms with Crippen LogP contribution in [0.1, 0.15) is 15.9 Å². The second kappa shape index (κ2) is 7.26. The number of carboxylic acids is 1. The Labute approximate surface area is 148 Å². The highest BCUT2D eigenvalue weighted by Gasteiger charge is 2.13. The molecule has 0 aromatic heterocycles. The average Bonchev–Trinajstić information content (AvgIpc) is 2.50. The molecule has 0 saturated heterocycles. The van der Waals surface area contributed by atoms with Crippen molar-refractivity contribution in [1.82, 2.24) is 0 Å². The molecule has 0 spiro atoms. The maximum Gasteiger partial charge on any atom is 0.323 e. The van der Waals surface area contributed by atoms with E-state index < -0.39 is 12.0 Å². The van der Waals surface area contributed by atoms with Crippen molar-refractivity contribution in [2.45, 2.75) is 0 Å². The quantitative estimate of drug-likeness (QED) is 0.769. The highest BCUT2D eigenvalue weighted by molar-refractivity contribution is 9.11. The Balaban J connectivity index is 2.25. The van der Waals surface area contributed by atoms with E-state index in [0.717, 1.165) is 0 Å². The predicted octanol–water partition coefficient (Wildman–Crippen LogP) is 3.09. The van der Waals surface area contributed by atoms with Gasteiger partial charge in [0.2, 0.25) is 0 Å². The number of nitrogens with one attached hydrogen (secondary N) is 2. The van der Waals surface area contributed by atoms with Crippen molar-refractivity contribution in [3.63, 3.8) is 0 Å². The van der Waals surface area contributed by atoms with E-state index in [2.05, 4.69) is 42.5 Å². The Hall–Kier alpha value is -2.37. The number of amides is 2. The zero-order valence-corrected chi connectivity index (χ0v) is 14.6. The van der Waals surface area contributed by atoms with E-state index in [0.29, 0.717) is 8.95 Å². The van der Waals surface area contributed by atoms with Crippen molar-refractivity contribution in [2.75, 3.05) is 10.6 Å². The van der Waals surface area contributed by atoms with Crippen LogP contribution in [0.3, 0.4) is 0 Å². The number of hydrogen-bond acceptors (Lipinski definition) is 4. The monoisotopic (exact) mass is 436 g/mol. The molecule has 0 radical (unpaired) electrons. The summed E-state index contributed by atoms with van der Waals surface area (Å²) in [4.78, 5) is 23.1. The third-order valence-electron chi connectivity index (χ3n) is 2.81. The van der Waals surface area contributed by atoms with Gasteiger partial charge in [-0.3, -0.25) is 0 Å². The van der Waals surface area contributed by atoms with Crippen LogP contribution in [0, 0.1) is 11.3 Å². The molecule has 0 aliphatic rings. The smallest absolute Gasteiger partial charge is 0.323 e. The maximum atomic E-state index is 12.1. The SMILES string of the molecule is N#Cc1cc(Br)cc(Br)c1NC(=O)Nc1ccccc1C(=O)[O-]. The van der Waals surface area contributed by atoms with Crippen LogP contribution in [0.25, 0.3) is 0 Å². The standard InChI is InChI=1S/C15H9Br2N3O3/c16-9-5-8(7-18)13(11(17)6-9)20-15(23)19-12-4-2-1-3-10(12)14(21)22/h1-6H,(H,21,22)(H2,19,20,23)/p-1. The van der Waals surface area contributed by atoms with Crippen LogP contribution < -0.4 is 15.7 Å². The summed E-state index contributed by atoms with van der Waals surface area (Å²) in [6.07, 6.45) is 0. The number of hydrogen-bond donors (Lipinski definition) is 2. The van der Waals surface area contributed by atoms with Crippen molar-refractivity contribution in [3.05, 3.63) is 56.5 Å². The molecule has 0 aliphatic carbocycles. The van der Waals surface area contributed by atoms with Gasteiger partial charge in [-0.05, 0) is 34.1 Å². The first kappa shape index (κ1) is 17.0. The van der Waals surface area contributed by atoms with Crippen LogP contribution in [-0.4, -0.2) is 12.0 Å². The van der Waals surface area contributed by atoms with Gasteiger partial charge in [-0.15, -0.1) is 0 Å². The molecular formula is C15H8Br2N3O3-. The number of aromatic carboxylic acids is 1. The molecule has 0 aliphatic heterocycles. The van der Waals surface area contributed by atoms with Crippen molar-refractivity contribution >= 4 is 55.2 Å². The first-order valence-electron chi connectivity index (χ1n) is 6.20. The number of benzene rings is 2. The minimum atomic E-state index is -1.40. The second-order valence-electron chi connectivity index (χ2n) is 4.33. The fourth-order valence-corrected chi connectivity index (χ4v) is 3.15. The topological polar surface area (TPSA) is 105 Å². The molecule has 2 rings (SSSR count). The minimum absolute atomic E-state index is 0.0942. The van der Waals surface area contributed by atoms with Gasteiger partial charge in [-0.25, -0.2) is 4.79 Å². The van der Waals surface area contributed by atoms with Gasteiger partial charge in [0.25, 0.3) is 0 Å². The van der Waals surface area contributed by atoms with Gasteiger partial charge < -0.3 is 20.5 Å². The molecule has 2 aromatic rings. The number of rotatable bonds is 3. The summed E-state index contributed by atoms with van der Waals surface area (Å²) >= 11 is 6.51. The molecule has 0 saturated carbocycles. The Morgan fingerprint density at radius 1 is 1.13 bits per heavy atom. The molecule has 0 fully saturated rings. The highest BCUT2D eigenvalue weighted by atomic mass is 79.9. The number of carbonyl (C=O) groups is 2. The Morgan fingerprint density at radius 3 is 2.48 bits per heavy atom. The van der Waals surface area contributed by atoms with Crippen molar-refractivity contribution in [3.8, 4) is 6.07 Å². The van der Waals surface area contributed by atoms with Gasteiger partial charge in [0.1, 0.15) is 6.07 Å². The lowest BCUT2D eigenvalue weighted by Gasteiger charge is -2.14. The molecule has 0 unspecified atom stereocenters. The van der Waals surface area contributed by atoms with E-state index in [1.807, 2.05) is 6.07 Å². The zero-order valence-electron chi connectivity index (χ0n) is 11.4. The van der Waals surface area contributed by atoms with Crippen LogP contribution in [0.5, 0.6) is 0 Å². The molecule has 0 bridgehead atoms. The summed E-state index contributed by atoms with van der Waals surface area (Å²) in [6.45, 7) is 0. The van der Waals surface area contributed by atoms with Crippen molar-refractivity contribution in [1.29, 1.82) is 5.26 Å². The third-order valence-corrected chi connectivity index (χ3v) is 3.89. The molecule has 6 nitrogen and oxygen atoms in total. The second-order valence-corrected chi connectivity index (χ2v) is 6.10. The molecule has 0 atom stereocenters.